The minimum absolute atomic E-state index is 0.193. The minimum atomic E-state index is -0.545. The van der Waals surface area contributed by atoms with Crippen molar-refractivity contribution in [1.82, 2.24) is 9.88 Å². The molecule has 0 aliphatic heterocycles. The fourth-order valence-electron chi connectivity index (χ4n) is 3.23. The molecule has 0 bridgehead atoms. The first-order valence-electron chi connectivity index (χ1n) is 9.83. The number of benzene rings is 3. The van der Waals surface area contributed by atoms with E-state index in [1.54, 1.807) is 43.6 Å². The van der Waals surface area contributed by atoms with Crippen molar-refractivity contribution in [2.45, 2.75) is 6.54 Å². The summed E-state index contributed by atoms with van der Waals surface area (Å²) in [7, 11) is 1.65. The summed E-state index contributed by atoms with van der Waals surface area (Å²) in [5.41, 5.74) is 2.52. The van der Waals surface area contributed by atoms with E-state index in [2.05, 4.69) is 10.3 Å². The molecule has 6 heteroatoms. The third-order valence-corrected chi connectivity index (χ3v) is 4.78. The van der Waals surface area contributed by atoms with Gasteiger partial charge in [-0.3, -0.25) is 9.78 Å². The van der Waals surface area contributed by atoms with Crippen LogP contribution in [0, 0.1) is 0 Å². The van der Waals surface area contributed by atoms with Gasteiger partial charge in [-0.2, -0.15) is 0 Å². The van der Waals surface area contributed by atoms with E-state index in [9.17, 15) is 9.59 Å². The predicted molar refractivity (Wildman–Crippen MR) is 120 cm³/mol. The Bertz CT molecular complexity index is 1220. The fourth-order valence-corrected chi connectivity index (χ4v) is 3.23. The van der Waals surface area contributed by atoms with E-state index in [1.807, 2.05) is 54.6 Å². The molecule has 4 aromatic rings. The monoisotopic (exact) mass is 411 g/mol. The molecule has 31 heavy (non-hydrogen) atoms. The van der Waals surface area contributed by atoms with Crippen LogP contribution in [-0.4, -0.2) is 28.9 Å². The molecular formula is C25H21N3O3. The van der Waals surface area contributed by atoms with Crippen LogP contribution in [0.25, 0.3) is 10.9 Å². The second kappa shape index (κ2) is 9.09. The molecule has 1 aromatic heterocycles. The molecule has 0 fully saturated rings. The number of rotatable bonds is 5. The van der Waals surface area contributed by atoms with Crippen molar-refractivity contribution in [1.29, 1.82) is 0 Å². The number of anilines is 1. The highest BCUT2D eigenvalue weighted by atomic mass is 16.6. The van der Waals surface area contributed by atoms with E-state index < -0.39 is 6.09 Å². The Morgan fingerprint density at radius 3 is 2.48 bits per heavy atom. The molecule has 0 atom stereocenters. The number of carbonyl (C=O) groups is 2. The lowest BCUT2D eigenvalue weighted by Gasteiger charge is -2.18. The van der Waals surface area contributed by atoms with E-state index in [0.717, 1.165) is 10.9 Å². The van der Waals surface area contributed by atoms with Crippen LogP contribution in [0.2, 0.25) is 0 Å². The Morgan fingerprint density at radius 1 is 0.903 bits per heavy atom. The number of nitrogens with one attached hydrogen (secondary N) is 1. The summed E-state index contributed by atoms with van der Waals surface area (Å²) >= 11 is 0. The molecular weight excluding hydrogens is 390 g/mol. The van der Waals surface area contributed by atoms with Gasteiger partial charge in [0.05, 0.1) is 16.8 Å². The SMILES string of the molecule is CN(Cc1ccccc1)C(=O)Oc1ccccc1C(=O)Nc1cccc2cccnc12. The lowest BCUT2D eigenvalue weighted by atomic mass is 10.1. The van der Waals surface area contributed by atoms with Crippen LogP contribution in [0.5, 0.6) is 5.75 Å². The van der Waals surface area contributed by atoms with Gasteiger partial charge < -0.3 is 15.0 Å². The summed E-state index contributed by atoms with van der Waals surface area (Å²) in [4.78, 5) is 31.4. The van der Waals surface area contributed by atoms with Crippen molar-refractivity contribution in [2.75, 3.05) is 12.4 Å². The van der Waals surface area contributed by atoms with Crippen LogP contribution < -0.4 is 10.1 Å². The molecule has 1 N–H and O–H groups in total. The highest BCUT2D eigenvalue weighted by molar-refractivity contribution is 6.09. The number of amides is 2. The lowest BCUT2D eigenvalue weighted by Crippen LogP contribution is -2.29. The predicted octanol–water partition coefficient (Wildman–Crippen LogP) is 5.12. The van der Waals surface area contributed by atoms with Gasteiger partial charge in [0, 0.05) is 25.2 Å². The summed E-state index contributed by atoms with van der Waals surface area (Å²) in [6.45, 7) is 0.399. The highest BCUT2D eigenvalue weighted by Gasteiger charge is 2.18. The van der Waals surface area contributed by atoms with Gasteiger partial charge in [-0.25, -0.2) is 4.79 Å². The summed E-state index contributed by atoms with van der Waals surface area (Å²) in [6.07, 6.45) is 1.13. The maximum Gasteiger partial charge on any atom is 0.415 e. The van der Waals surface area contributed by atoms with Crippen molar-refractivity contribution in [3.05, 3.63) is 102 Å². The average Bonchev–Trinajstić information content (AvgIpc) is 2.80. The molecule has 0 unspecified atom stereocenters. The van der Waals surface area contributed by atoms with Crippen LogP contribution in [0.4, 0.5) is 10.5 Å². The summed E-state index contributed by atoms with van der Waals surface area (Å²) in [5.74, 6) is -0.189. The van der Waals surface area contributed by atoms with E-state index in [0.29, 0.717) is 17.7 Å². The normalized spacial score (nSPS) is 10.5. The molecule has 0 aliphatic carbocycles. The van der Waals surface area contributed by atoms with Gasteiger partial charge in [0.2, 0.25) is 0 Å². The Kier molecular flexibility index (Phi) is 5.89. The van der Waals surface area contributed by atoms with Gasteiger partial charge in [0.15, 0.2) is 0 Å². The molecule has 1 heterocycles. The molecule has 0 saturated heterocycles. The first kappa shape index (κ1) is 20.1. The number of fused-ring (bicyclic) bond motifs is 1. The molecule has 0 radical (unpaired) electrons. The van der Waals surface area contributed by atoms with E-state index in [1.165, 1.54) is 4.90 Å². The zero-order valence-electron chi connectivity index (χ0n) is 17.0. The van der Waals surface area contributed by atoms with Crippen molar-refractivity contribution in [3.63, 3.8) is 0 Å². The Labute approximate surface area is 180 Å². The zero-order valence-corrected chi connectivity index (χ0v) is 17.0. The number of hydrogen-bond acceptors (Lipinski definition) is 4. The third kappa shape index (κ3) is 4.70. The number of para-hydroxylation sites is 2. The second-order valence-corrected chi connectivity index (χ2v) is 7.04. The number of ether oxygens (including phenoxy) is 1. The van der Waals surface area contributed by atoms with Crippen LogP contribution >= 0.6 is 0 Å². The first-order chi connectivity index (χ1) is 15.1. The van der Waals surface area contributed by atoms with Crippen LogP contribution in [-0.2, 0) is 6.54 Å². The van der Waals surface area contributed by atoms with Crippen molar-refractivity contribution in [3.8, 4) is 5.75 Å². The molecule has 0 saturated carbocycles. The van der Waals surface area contributed by atoms with Gasteiger partial charge in [-0.15, -0.1) is 0 Å². The smallest absolute Gasteiger partial charge is 0.409 e. The van der Waals surface area contributed by atoms with Crippen molar-refractivity contribution in [2.24, 2.45) is 0 Å². The van der Waals surface area contributed by atoms with Gasteiger partial charge in [0.1, 0.15) is 5.75 Å². The number of nitrogens with zero attached hydrogens (tertiary/aromatic N) is 2. The first-order valence-corrected chi connectivity index (χ1v) is 9.83. The Morgan fingerprint density at radius 2 is 1.65 bits per heavy atom. The van der Waals surface area contributed by atoms with Crippen molar-refractivity contribution < 1.29 is 14.3 Å². The Hall–Kier alpha value is -4.19. The minimum Gasteiger partial charge on any atom is -0.409 e. The zero-order chi connectivity index (χ0) is 21.6. The summed E-state index contributed by atoms with van der Waals surface area (Å²) < 4.78 is 5.54. The van der Waals surface area contributed by atoms with Gasteiger partial charge in [0.25, 0.3) is 5.91 Å². The number of pyridine rings is 1. The van der Waals surface area contributed by atoms with E-state index in [-0.39, 0.29) is 17.2 Å². The maximum absolute atomic E-state index is 13.0. The average molecular weight is 411 g/mol. The summed E-state index contributed by atoms with van der Waals surface area (Å²) in [5, 5.41) is 3.80. The van der Waals surface area contributed by atoms with Crippen LogP contribution in [0.15, 0.2) is 91.1 Å². The second-order valence-electron chi connectivity index (χ2n) is 7.04. The molecule has 2 amide bonds. The highest BCUT2D eigenvalue weighted by Crippen LogP contribution is 2.24. The Balaban J connectivity index is 1.51. The van der Waals surface area contributed by atoms with E-state index >= 15 is 0 Å². The fraction of sp³-hybridized carbons (Fsp3) is 0.0800. The largest absolute Gasteiger partial charge is 0.415 e. The third-order valence-electron chi connectivity index (χ3n) is 4.78. The quantitative estimate of drug-likeness (QED) is 0.495. The number of carbonyl (C=O) groups excluding carboxylic acids is 2. The topological polar surface area (TPSA) is 71.5 Å². The van der Waals surface area contributed by atoms with Gasteiger partial charge in [-0.05, 0) is 29.8 Å². The summed E-state index contributed by atoms with van der Waals surface area (Å²) in [6, 6.07) is 25.6. The lowest BCUT2D eigenvalue weighted by molar-refractivity contribution is 0.102. The number of hydrogen-bond donors (Lipinski definition) is 1. The molecule has 3 aromatic carbocycles. The standard InChI is InChI=1S/C25H21N3O3/c1-28(17-18-9-3-2-4-10-18)25(30)31-22-15-6-5-13-20(22)24(29)27-21-14-7-11-19-12-8-16-26-23(19)21/h2-16H,17H2,1H3,(H,27,29). The van der Waals surface area contributed by atoms with Crippen molar-refractivity contribution >= 4 is 28.6 Å². The van der Waals surface area contributed by atoms with Gasteiger partial charge in [-0.1, -0.05) is 60.7 Å². The van der Waals surface area contributed by atoms with Crippen LogP contribution in [0.3, 0.4) is 0 Å². The van der Waals surface area contributed by atoms with Crippen LogP contribution in [0.1, 0.15) is 15.9 Å². The molecule has 0 spiro atoms. The molecule has 6 nitrogen and oxygen atoms in total. The van der Waals surface area contributed by atoms with E-state index in [4.69, 9.17) is 4.74 Å². The maximum atomic E-state index is 13.0. The molecule has 4 rings (SSSR count). The van der Waals surface area contributed by atoms with Gasteiger partial charge >= 0.3 is 6.09 Å². The number of aromatic nitrogens is 1. The molecule has 154 valence electrons. The molecule has 0 aliphatic rings.